The van der Waals surface area contributed by atoms with E-state index in [0.29, 0.717) is 6.04 Å². The zero-order valence-electron chi connectivity index (χ0n) is 11.3. The van der Waals surface area contributed by atoms with Gasteiger partial charge in [-0.2, -0.15) is 5.10 Å². The number of nitrogens with zero attached hydrogens (tertiary/aromatic N) is 5. The summed E-state index contributed by atoms with van der Waals surface area (Å²) in [6.45, 7) is 8.18. The van der Waals surface area contributed by atoms with Gasteiger partial charge in [-0.25, -0.2) is 9.97 Å². The minimum Gasteiger partial charge on any atom is -0.296 e. The van der Waals surface area contributed by atoms with E-state index in [2.05, 4.69) is 47.8 Å². The summed E-state index contributed by atoms with van der Waals surface area (Å²) < 4.78 is 1.85. The van der Waals surface area contributed by atoms with E-state index in [-0.39, 0.29) is 0 Å². The van der Waals surface area contributed by atoms with Crippen molar-refractivity contribution in [3.8, 4) is 0 Å². The molecule has 2 rings (SSSR count). The zero-order valence-corrected chi connectivity index (χ0v) is 12.1. The fraction of sp³-hybridized carbons (Fsp3) is 0.583. The van der Waals surface area contributed by atoms with Gasteiger partial charge in [0.05, 0.1) is 23.3 Å². The van der Waals surface area contributed by atoms with E-state index in [1.54, 1.807) is 24.0 Å². The number of thiazole rings is 1. The number of likely N-dealkylation sites (N-methyl/N-ethyl adjacent to an activating group) is 1. The van der Waals surface area contributed by atoms with Gasteiger partial charge >= 0.3 is 0 Å². The lowest BCUT2D eigenvalue weighted by Crippen LogP contribution is -2.27. The second-order valence-corrected chi connectivity index (χ2v) is 5.90. The fourth-order valence-electron chi connectivity index (χ4n) is 1.94. The van der Waals surface area contributed by atoms with Crippen molar-refractivity contribution in [3.63, 3.8) is 0 Å². The molecule has 0 N–H and O–H groups in total. The minimum absolute atomic E-state index is 0.332. The summed E-state index contributed by atoms with van der Waals surface area (Å²) in [5.41, 5.74) is 1.19. The van der Waals surface area contributed by atoms with Crippen LogP contribution in [0.2, 0.25) is 0 Å². The van der Waals surface area contributed by atoms with E-state index in [1.165, 1.54) is 10.6 Å². The monoisotopic (exact) mass is 265 g/mol. The average molecular weight is 265 g/mol. The van der Waals surface area contributed by atoms with Crippen LogP contribution < -0.4 is 0 Å². The van der Waals surface area contributed by atoms with Crippen LogP contribution in [0.1, 0.15) is 28.5 Å². The Balaban J connectivity index is 1.96. The number of aryl methyl sites for hydroxylation is 2. The lowest BCUT2D eigenvalue weighted by atomic mass is 10.2. The number of hydrogen-bond donors (Lipinski definition) is 0. The van der Waals surface area contributed by atoms with Gasteiger partial charge in [-0.3, -0.25) is 9.58 Å². The van der Waals surface area contributed by atoms with Gasteiger partial charge in [-0.15, -0.1) is 11.3 Å². The molecule has 0 aliphatic carbocycles. The Kier molecular flexibility index (Phi) is 4.08. The van der Waals surface area contributed by atoms with E-state index < -0.39 is 0 Å². The summed E-state index contributed by atoms with van der Waals surface area (Å²) in [5.74, 6) is 0. The maximum Gasteiger partial charge on any atom is 0.137 e. The van der Waals surface area contributed by atoms with Crippen LogP contribution in [0.4, 0.5) is 0 Å². The highest BCUT2D eigenvalue weighted by atomic mass is 32.1. The van der Waals surface area contributed by atoms with Crippen LogP contribution in [0.15, 0.2) is 12.7 Å². The average Bonchev–Trinajstić information content (AvgIpc) is 2.94. The normalized spacial score (nSPS) is 13.2. The summed E-state index contributed by atoms with van der Waals surface area (Å²) in [6.07, 6.45) is 3.31. The maximum absolute atomic E-state index is 4.62. The van der Waals surface area contributed by atoms with Gasteiger partial charge in [0, 0.05) is 11.4 Å². The Morgan fingerprint density at radius 1 is 1.44 bits per heavy atom. The van der Waals surface area contributed by atoms with Crippen LogP contribution in [0.3, 0.4) is 0 Å². The van der Waals surface area contributed by atoms with Crippen molar-refractivity contribution in [2.45, 2.75) is 33.4 Å². The lowest BCUT2D eigenvalue weighted by Gasteiger charge is -2.23. The van der Waals surface area contributed by atoms with Crippen molar-refractivity contribution in [3.05, 3.63) is 28.2 Å². The smallest absolute Gasteiger partial charge is 0.137 e. The van der Waals surface area contributed by atoms with E-state index in [9.17, 15) is 0 Å². The van der Waals surface area contributed by atoms with Crippen LogP contribution in [-0.2, 0) is 6.54 Å². The first-order valence-corrected chi connectivity index (χ1v) is 6.86. The lowest BCUT2D eigenvalue weighted by molar-refractivity contribution is 0.243. The maximum atomic E-state index is 4.62. The van der Waals surface area contributed by atoms with Gasteiger partial charge < -0.3 is 0 Å². The first-order chi connectivity index (χ1) is 8.58. The molecule has 18 heavy (non-hydrogen) atoms. The molecule has 0 spiro atoms. The van der Waals surface area contributed by atoms with Crippen molar-refractivity contribution in [1.82, 2.24) is 24.6 Å². The van der Waals surface area contributed by atoms with Gasteiger partial charge in [0.15, 0.2) is 0 Å². The third-order valence-corrected chi connectivity index (χ3v) is 4.05. The second-order valence-electron chi connectivity index (χ2n) is 4.49. The molecule has 0 amide bonds. The van der Waals surface area contributed by atoms with Gasteiger partial charge in [0.25, 0.3) is 0 Å². The van der Waals surface area contributed by atoms with E-state index in [1.807, 2.05) is 4.68 Å². The van der Waals surface area contributed by atoms with Crippen LogP contribution in [0.25, 0.3) is 0 Å². The largest absolute Gasteiger partial charge is 0.296 e. The molecule has 0 aromatic carbocycles. The Morgan fingerprint density at radius 2 is 2.22 bits per heavy atom. The third-order valence-electron chi connectivity index (χ3n) is 3.14. The predicted octanol–water partition coefficient (Wildman–Crippen LogP) is 2.04. The van der Waals surface area contributed by atoms with Crippen molar-refractivity contribution in [2.75, 3.05) is 13.6 Å². The molecule has 0 saturated carbocycles. The minimum atomic E-state index is 0.332. The molecule has 0 saturated heterocycles. The second kappa shape index (κ2) is 5.58. The highest BCUT2D eigenvalue weighted by Gasteiger charge is 2.17. The standard InChI is InChI=1S/C12H19N5S/c1-9(12-10(2)18-11(3)15-12)16(4)5-6-17-8-13-7-14-17/h7-9H,5-6H2,1-4H3/t9-/m0/s1. The Labute approximate surface area is 111 Å². The summed E-state index contributed by atoms with van der Waals surface area (Å²) >= 11 is 1.77. The molecule has 2 aromatic heterocycles. The van der Waals surface area contributed by atoms with Crippen molar-refractivity contribution >= 4 is 11.3 Å². The highest BCUT2D eigenvalue weighted by Crippen LogP contribution is 2.25. The fourth-order valence-corrected chi connectivity index (χ4v) is 2.85. The van der Waals surface area contributed by atoms with Gasteiger partial charge in [-0.05, 0) is 27.8 Å². The summed E-state index contributed by atoms with van der Waals surface area (Å²) in [5, 5.41) is 5.25. The summed E-state index contributed by atoms with van der Waals surface area (Å²) in [7, 11) is 2.12. The predicted molar refractivity (Wildman–Crippen MR) is 72.7 cm³/mol. The first kappa shape index (κ1) is 13.2. The molecule has 98 valence electrons. The van der Waals surface area contributed by atoms with Gasteiger partial charge in [-0.1, -0.05) is 0 Å². The Morgan fingerprint density at radius 3 is 2.78 bits per heavy atom. The Hall–Kier alpha value is -1.27. The summed E-state index contributed by atoms with van der Waals surface area (Å²) in [4.78, 5) is 12.2. The van der Waals surface area contributed by atoms with Gasteiger partial charge in [0.2, 0.25) is 0 Å². The van der Waals surface area contributed by atoms with Gasteiger partial charge in [0.1, 0.15) is 12.7 Å². The van der Waals surface area contributed by atoms with E-state index >= 15 is 0 Å². The molecule has 2 aromatic rings. The molecule has 0 bridgehead atoms. The molecule has 0 aliphatic heterocycles. The first-order valence-electron chi connectivity index (χ1n) is 6.04. The van der Waals surface area contributed by atoms with Crippen LogP contribution >= 0.6 is 11.3 Å². The molecular weight excluding hydrogens is 246 g/mol. The molecule has 5 nitrogen and oxygen atoms in total. The quantitative estimate of drug-likeness (QED) is 0.830. The zero-order chi connectivity index (χ0) is 13.1. The third kappa shape index (κ3) is 2.94. The number of aromatic nitrogens is 4. The number of hydrogen-bond acceptors (Lipinski definition) is 5. The number of rotatable bonds is 5. The molecule has 0 radical (unpaired) electrons. The molecular formula is C12H19N5S. The SMILES string of the molecule is Cc1nc([C@H](C)N(C)CCn2cncn2)c(C)s1. The van der Waals surface area contributed by atoms with Crippen LogP contribution in [0, 0.1) is 13.8 Å². The van der Waals surface area contributed by atoms with Crippen molar-refractivity contribution in [2.24, 2.45) is 0 Å². The molecule has 0 unspecified atom stereocenters. The molecule has 2 heterocycles. The van der Waals surface area contributed by atoms with Crippen molar-refractivity contribution < 1.29 is 0 Å². The molecule has 0 fully saturated rings. The van der Waals surface area contributed by atoms with Crippen molar-refractivity contribution in [1.29, 1.82) is 0 Å². The van der Waals surface area contributed by atoms with Crippen LogP contribution in [-0.4, -0.2) is 38.2 Å². The summed E-state index contributed by atoms with van der Waals surface area (Å²) in [6, 6.07) is 0.332. The van der Waals surface area contributed by atoms with E-state index in [4.69, 9.17) is 0 Å². The van der Waals surface area contributed by atoms with Crippen LogP contribution in [0.5, 0.6) is 0 Å². The molecule has 0 aliphatic rings. The topological polar surface area (TPSA) is 46.8 Å². The highest BCUT2D eigenvalue weighted by molar-refractivity contribution is 7.11. The molecule has 1 atom stereocenters. The molecule has 6 heteroatoms. The van der Waals surface area contributed by atoms with E-state index in [0.717, 1.165) is 18.1 Å². The Bertz CT molecular complexity index is 491.